The van der Waals surface area contributed by atoms with Gasteiger partial charge < -0.3 is 20.4 Å². The van der Waals surface area contributed by atoms with Gasteiger partial charge in [0.1, 0.15) is 0 Å². The summed E-state index contributed by atoms with van der Waals surface area (Å²) < 4.78 is 33.8. The molecule has 0 aliphatic carbocycles. The summed E-state index contributed by atoms with van der Waals surface area (Å²) in [6.07, 6.45) is -3.67. The van der Waals surface area contributed by atoms with E-state index in [9.17, 15) is 0 Å². The molecule has 80 valence electrons. The van der Waals surface area contributed by atoms with Crippen LogP contribution in [0.5, 0.6) is 0 Å². The zero-order valence-electron chi connectivity index (χ0n) is 7.10. The molecule has 0 aliphatic heterocycles. The van der Waals surface area contributed by atoms with Crippen molar-refractivity contribution in [3.05, 3.63) is 0 Å². The first-order chi connectivity index (χ1) is 6.29. The molecule has 0 aromatic carbocycles. The van der Waals surface area contributed by atoms with E-state index in [1.165, 1.54) is 0 Å². The van der Waals surface area contributed by atoms with Crippen molar-refractivity contribution < 1.29 is 45.9 Å². The molecule has 0 aromatic heterocycles. The third-order valence-corrected chi connectivity index (χ3v) is 0. The van der Waals surface area contributed by atoms with E-state index in [0.29, 0.717) is 0 Å². The van der Waals surface area contributed by atoms with Crippen LogP contribution in [-0.2, 0) is 7.61 Å². The Morgan fingerprint density at radius 3 is 0.800 bits per heavy atom. The molecule has 0 radical (unpaired) electrons. The molecule has 13 heteroatoms. The second kappa shape index (κ2) is 36.9. The summed E-state index contributed by atoms with van der Waals surface area (Å²) >= 11 is -3.50. The molecule has 0 heterocycles. The van der Waals surface area contributed by atoms with Gasteiger partial charge in [0.15, 0.2) is 0 Å². The Kier molecular flexibility index (Phi) is 72.4. The normalized spacial score (nSPS) is 4.27. The Morgan fingerprint density at radius 2 is 0.800 bits per heavy atom. The predicted molar refractivity (Wildman–Crippen MR) is 39.9 cm³/mol. The van der Waals surface area contributed by atoms with E-state index >= 15 is 0 Å². The standard InChI is InChI=1S/2CH2O3.2Al.Ca.4O/c2*2-1(3)4;;;;;;;/h2*(H2,2,3,4);;;;;;;/q;;;;+2;;;2*-1. The molecule has 0 bridgehead atoms. The first kappa shape index (κ1) is 29.4. The van der Waals surface area contributed by atoms with Gasteiger partial charge in [0.25, 0.3) is 0 Å². The minimum absolute atomic E-state index is 0. The van der Waals surface area contributed by atoms with E-state index < -0.39 is 43.3 Å². The summed E-state index contributed by atoms with van der Waals surface area (Å²) in [7, 11) is 0. The van der Waals surface area contributed by atoms with E-state index in [0.717, 1.165) is 0 Å². The molecule has 0 atom stereocenters. The monoisotopic (exact) mass is 282 g/mol. The molecule has 0 spiro atoms. The summed E-state index contributed by atoms with van der Waals surface area (Å²) in [4.78, 5) is 17.1. The van der Waals surface area contributed by atoms with Crippen LogP contribution in [-0.4, -0.2) is 101 Å². The van der Waals surface area contributed by atoms with Crippen molar-refractivity contribution in [2.45, 2.75) is 0 Å². The van der Waals surface area contributed by atoms with Crippen LogP contribution in [0.1, 0.15) is 0 Å². The summed E-state index contributed by atoms with van der Waals surface area (Å²) in [5.41, 5.74) is 0. The second-order valence-corrected chi connectivity index (χ2v) is 1.14. The van der Waals surface area contributed by atoms with Crippen molar-refractivity contribution in [3.63, 3.8) is 0 Å². The fraction of sp³-hybridized carbons (Fsp3) is 0. The van der Waals surface area contributed by atoms with Crippen LogP contribution < -0.4 is 8.32 Å². The average molecular weight is 282 g/mol. The second-order valence-electron chi connectivity index (χ2n) is 0.758. The van der Waals surface area contributed by atoms with Gasteiger partial charge in [-0.15, -0.1) is 0 Å². The number of carboxylic acid groups (broad SMARTS) is 4. The van der Waals surface area contributed by atoms with E-state index in [-0.39, 0.29) is 37.7 Å². The first-order valence-corrected chi connectivity index (χ1v) is 4.13. The van der Waals surface area contributed by atoms with Gasteiger partial charge in [-0.2, -0.15) is 0 Å². The Morgan fingerprint density at radius 1 is 0.800 bits per heavy atom. The zero-order valence-corrected chi connectivity index (χ0v) is 11.6. The van der Waals surface area contributed by atoms with Crippen LogP contribution >= 0.6 is 0 Å². The fourth-order valence-electron chi connectivity index (χ4n) is 0. The number of carbonyl (C=O) groups is 2. The van der Waals surface area contributed by atoms with Crippen LogP contribution in [0.25, 0.3) is 0 Å². The van der Waals surface area contributed by atoms with Gasteiger partial charge in [-0.3, -0.25) is 0 Å². The molecule has 0 aliphatic rings. The molecular formula is C2H4Al2CaO10. The molecule has 0 saturated heterocycles. The zero-order chi connectivity index (χ0) is 12.6. The van der Waals surface area contributed by atoms with E-state index in [2.05, 4.69) is 0 Å². The topological polar surface area (TPSA) is 195 Å². The van der Waals surface area contributed by atoms with Crippen molar-refractivity contribution in [1.82, 2.24) is 0 Å². The van der Waals surface area contributed by atoms with Crippen molar-refractivity contribution in [2.24, 2.45) is 0 Å². The van der Waals surface area contributed by atoms with Crippen molar-refractivity contribution in [1.29, 1.82) is 0 Å². The van der Waals surface area contributed by atoms with E-state index in [1.807, 2.05) is 0 Å². The van der Waals surface area contributed by atoms with Gasteiger partial charge in [-0.1, -0.05) is 0 Å². The van der Waals surface area contributed by atoms with Crippen molar-refractivity contribution >= 4 is 81.0 Å². The van der Waals surface area contributed by atoms with Gasteiger partial charge in [-0.25, -0.2) is 9.59 Å². The molecular weight excluding hydrogens is 278 g/mol. The van der Waals surface area contributed by atoms with E-state index in [4.69, 9.17) is 45.9 Å². The Hall–Kier alpha value is 0.0647. The maximum atomic E-state index is 8.56. The van der Waals surface area contributed by atoms with Crippen molar-refractivity contribution in [3.8, 4) is 0 Å². The molecule has 0 amide bonds. The molecule has 4 N–H and O–H groups in total. The van der Waals surface area contributed by atoms with Gasteiger partial charge in [0.2, 0.25) is 0 Å². The maximum absolute atomic E-state index is 8.56. The number of hydrogen-bond donors (Lipinski definition) is 4. The summed E-state index contributed by atoms with van der Waals surface area (Å²) in [6, 6.07) is 0. The predicted octanol–water partition coefficient (Wildman–Crippen LogP) is -3.31. The van der Waals surface area contributed by atoms with Gasteiger partial charge in [0, 0.05) is 0 Å². The third-order valence-electron chi connectivity index (χ3n) is 0. The molecule has 10 nitrogen and oxygen atoms in total. The Bertz CT molecular complexity index is 134. The summed E-state index contributed by atoms with van der Waals surface area (Å²) in [6.45, 7) is 0. The molecule has 0 fully saturated rings. The molecule has 0 unspecified atom stereocenters. The quantitative estimate of drug-likeness (QED) is 0.326. The SMILES string of the molecule is O=C(O)O.O=C(O)O.[Ca+2].[O]=[Al][O-].[O]=[Al][O-]. The molecule has 0 aromatic rings. The molecule has 15 heavy (non-hydrogen) atoms. The van der Waals surface area contributed by atoms with Crippen LogP contribution in [0.15, 0.2) is 0 Å². The summed E-state index contributed by atoms with van der Waals surface area (Å²) in [5.74, 6) is 0. The third kappa shape index (κ3) is 489000. The van der Waals surface area contributed by atoms with Gasteiger partial charge >= 0.3 is 96.9 Å². The first-order valence-electron chi connectivity index (χ1n) is 2.25. The average Bonchev–Trinajstić information content (AvgIpc) is 1.85. The van der Waals surface area contributed by atoms with Gasteiger partial charge in [0.05, 0.1) is 0 Å². The van der Waals surface area contributed by atoms with Crippen LogP contribution in [0, 0.1) is 0 Å². The molecule has 0 saturated carbocycles. The van der Waals surface area contributed by atoms with Crippen molar-refractivity contribution in [2.75, 3.05) is 0 Å². The van der Waals surface area contributed by atoms with E-state index in [1.54, 1.807) is 0 Å². The molecule has 0 rings (SSSR count). The minimum atomic E-state index is -1.83. The Labute approximate surface area is 126 Å². The van der Waals surface area contributed by atoms with Crippen LogP contribution in [0.4, 0.5) is 9.59 Å². The van der Waals surface area contributed by atoms with Gasteiger partial charge in [-0.05, 0) is 0 Å². The fourth-order valence-corrected chi connectivity index (χ4v) is 0. The number of rotatable bonds is 0. The van der Waals surface area contributed by atoms with Crippen LogP contribution in [0.2, 0.25) is 0 Å². The number of hydrogen-bond acceptors (Lipinski definition) is 6. The summed E-state index contributed by atoms with van der Waals surface area (Å²) in [5, 5.41) is 27.9. The van der Waals surface area contributed by atoms with Crippen LogP contribution in [0.3, 0.4) is 0 Å². The Balaban J connectivity index is -0.0000000293.